The van der Waals surface area contributed by atoms with Crippen LogP contribution in [0.4, 0.5) is 0 Å². The zero-order valence-electron chi connectivity index (χ0n) is 22.6. The smallest absolute Gasteiger partial charge is 0.307 e. The summed E-state index contributed by atoms with van der Waals surface area (Å²) in [4.78, 5) is 13.0. The van der Waals surface area contributed by atoms with E-state index in [9.17, 15) is 15.0 Å². The van der Waals surface area contributed by atoms with Gasteiger partial charge in [0.05, 0.1) is 13.0 Å². The minimum absolute atomic E-state index is 0.131. The molecule has 0 amide bonds. The number of unbranched alkanes of at least 4 members (excludes halogenated alkanes) is 3. The lowest BCUT2D eigenvalue weighted by Gasteiger charge is -2.33. The molecule has 0 heterocycles. The second-order valence-electron chi connectivity index (χ2n) is 11.8. The Morgan fingerprint density at radius 2 is 1.20 bits per heavy atom. The van der Waals surface area contributed by atoms with E-state index >= 15 is 0 Å². The van der Waals surface area contributed by atoms with Crippen LogP contribution in [-0.4, -0.2) is 34.5 Å². The molecule has 0 bridgehead atoms. The summed E-state index contributed by atoms with van der Waals surface area (Å²) in [7, 11) is 0. The lowest BCUT2D eigenvalue weighted by Crippen LogP contribution is -2.30. The summed E-state index contributed by atoms with van der Waals surface area (Å²) in [5.74, 6) is 0.177. The largest absolute Gasteiger partial charge is 0.508 e. The van der Waals surface area contributed by atoms with Crippen LogP contribution >= 0.6 is 0 Å². The number of phenols is 2. The minimum atomic E-state index is -0.727. The summed E-state index contributed by atoms with van der Waals surface area (Å²) in [5, 5.41) is 30.0. The average molecular weight is 485 g/mol. The lowest BCUT2D eigenvalue weighted by atomic mass is 9.70. The Kier molecular flexibility index (Phi) is 9.41. The molecule has 0 saturated carbocycles. The summed E-state index contributed by atoms with van der Waals surface area (Å²) in [6.07, 6.45) is 3.48. The molecule has 0 unspecified atom stereocenters. The first kappa shape index (κ1) is 28.7. The quantitative estimate of drug-likeness (QED) is 0.265. The van der Waals surface area contributed by atoms with Crippen LogP contribution in [-0.2, 0) is 25.8 Å². The molecule has 0 radical (unpaired) electrons. The maximum absolute atomic E-state index is 13.0. The summed E-state index contributed by atoms with van der Waals surface area (Å²) in [6, 6.07) is 11.1. The van der Waals surface area contributed by atoms with Crippen molar-refractivity contribution in [3.05, 3.63) is 58.7 Å². The molecule has 0 aliphatic carbocycles. The molecule has 2 aromatic rings. The summed E-state index contributed by atoms with van der Waals surface area (Å²) in [6.45, 7) is 14.8. The molecule has 5 heteroatoms. The van der Waals surface area contributed by atoms with Crippen molar-refractivity contribution in [1.29, 1.82) is 0 Å². The number of aliphatic hydroxyl groups excluding tert-OH is 1. The number of rotatable bonds is 10. The second-order valence-corrected chi connectivity index (χ2v) is 11.8. The summed E-state index contributed by atoms with van der Waals surface area (Å²) in [5.41, 5.74) is 2.16. The van der Waals surface area contributed by atoms with Crippen molar-refractivity contribution in [2.24, 2.45) is 0 Å². The SMILES string of the molecule is CC(C)(C)c1cc(C(C)(CC(=O)OCCCCCCO)c2ccc(O)c(C(C)(C)C)c2)ccc1O. The maximum atomic E-state index is 13.0. The first-order chi connectivity index (χ1) is 16.2. The number of aromatic hydroxyl groups is 2. The van der Waals surface area contributed by atoms with Crippen LogP contribution in [0.3, 0.4) is 0 Å². The van der Waals surface area contributed by atoms with E-state index in [0.717, 1.165) is 47.9 Å². The number of phenolic OH excluding ortho intramolecular Hbond substituents is 2. The number of ether oxygens (including phenoxy) is 1. The molecule has 2 rings (SSSR count). The first-order valence-electron chi connectivity index (χ1n) is 12.6. The fraction of sp³-hybridized carbons (Fsp3) is 0.567. The van der Waals surface area contributed by atoms with Crippen molar-refractivity contribution in [2.75, 3.05) is 13.2 Å². The van der Waals surface area contributed by atoms with Crippen molar-refractivity contribution >= 4 is 5.97 Å². The standard InChI is InChI=1S/C30H44O5/c1-28(2,3)23-18-21(12-14-25(23)32)30(7,20-27(34)35-17-11-9-8-10-16-31)22-13-15-26(33)24(19-22)29(4,5)6/h12-15,18-19,31-33H,8-11,16-17,20H2,1-7H3. The van der Waals surface area contributed by atoms with Gasteiger partial charge in [-0.15, -0.1) is 0 Å². The van der Waals surface area contributed by atoms with E-state index in [1.807, 2.05) is 72.7 Å². The monoisotopic (exact) mass is 484 g/mol. The Morgan fingerprint density at radius 1 is 0.743 bits per heavy atom. The molecule has 0 aliphatic heterocycles. The fourth-order valence-corrected chi connectivity index (χ4v) is 4.42. The van der Waals surface area contributed by atoms with Crippen LogP contribution in [0.1, 0.15) is 103 Å². The van der Waals surface area contributed by atoms with Gasteiger partial charge in [0.25, 0.3) is 0 Å². The van der Waals surface area contributed by atoms with E-state index in [-0.39, 0.29) is 41.3 Å². The molecule has 35 heavy (non-hydrogen) atoms. The zero-order valence-corrected chi connectivity index (χ0v) is 22.6. The van der Waals surface area contributed by atoms with Crippen LogP contribution in [0, 0.1) is 0 Å². The molecule has 3 N–H and O–H groups in total. The Balaban J connectivity index is 2.47. The molecule has 0 atom stereocenters. The van der Waals surface area contributed by atoms with Gasteiger partial charge in [-0.2, -0.15) is 0 Å². The number of carbonyl (C=O) groups is 1. The Labute approximate surface area is 211 Å². The third kappa shape index (κ3) is 7.47. The minimum Gasteiger partial charge on any atom is -0.508 e. The highest BCUT2D eigenvalue weighted by molar-refractivity contribution is 5.73. The Bertz CT molecular complexity index is 931. The summed E-state index contributed by atoms with van der Waals surface area (Å²) >= 11 is 0. The van der Waals surface area contributed by atoms with E-state index in [0.29, 0.717) is 6.61 Å². The third-order valence-corrected chi connectivity index (χ3v) is 6.70. The Hall–Kier alpha value is -2.53. The Morgan fingerprint density at radius 3 is 1.63 bits per heavy atom. The van der Waals surface area contributed by atoms with Crippen molar-refractivity contribution in [3.8, 4) is 11.5 Å². The number of esters is 1. The van der Waals surface area contributed by atoms with Crippen LogP contribution in [0.15, 0.2) is 36.4 Å². The molecule has 194 valence electrons. The van der Waals surface area contributed by atoms with Crippen molar-refractivity contribution < 1.29 is 24.9 Å². The molecule has 2 aromatic carbocycles. The first-order valence-corrected chi connectivity index (χ1v) is 12.6. The van der Waals surface area contributed by atoms with E-state index in [2.05, 4.69) is 0 Å². The number of benzene rings is 2. The van der Waals surface area contributed by atoms with Crippen LogP contribution in [0.5, 0.6) is 11.5 Å². The van der Waals surface area contributed by atoms with E-state index in [1.54, 1.807) is 12.1 Å². The van der Waals surface area contributed by atoms with E-state index in [1.165, 1.54) is 0 Å². The molecule has 5 nitrogen and oxygen atoms in total. The van der Waals surface area contributed by atoms with Crippen molar-refractivity contribution in [1.82, 2.24) is 0 Å². The van der Waals surface area contributed by atoms with Gasteiger partial charge in [-0.05, 0) is 64.5 Å². The highest BCUT2D eigenvalue weighted by Gasteiger charge is 2.35. The highest BCUT2D eigenvalue weighted by atomic mass is 16.5. The average Bonchev–Trinajstić information content (AvgIpc) is 2.75. The van der Waals surface area contributed by atoms with Gasteiger partial charge in [-0.1, -0.05) is 79.2 Å². The van der Waals surface area contributed by atoms with Crippen LogP contribution in [0.2, 0.25) is 0 Å². The fourth-order valence-electron chi connectivity index (χ4n) is 4.42. The molecule has 0 saturated heterocycles. The maximum Gasteiger partial charge on any atom is 0.307 e. The van der Waals surface area contributed by atoms with Crippen molar-refractivity contribution in [3.63, 3.8) is 0 Å². The van der Waals surface area contributed by atoms with Gasteiger partial charge in [0.2, 0.25) is 0 Å². The molecule has 0 fully saturated rings. The number of hydrogen-bond acceptors (Lipinski definition) is 5. The topological polar surface area (TPSA) is 87.0 Å². The van der Waals surface area contributed by atoms with Crippen LogP contribution in [0.25, 0.3) is 0 Å². The van der Waals surface area contributed by atoms with E-state index in [4.69, 9.17) is 9.84 Å². The van der Waals surface area contributed by atoms with Gasteiger partial charge in [0.15, 0.2) is 0 Å². The normalized spacial score (nSPS) is 12.6. The second kappa shape index (κ2) is 11.5. The number of hydrogen-bond donors (Lipinski definition) is 3. The van der Waals surface area contributed by atoms with Gasteiger partial charge >= 0.3 is 5.97 Å². The third-order valence-electron chi connectivity index (χ3n) is 6.70. The van der Waals surface area contributed by atoms with Gasteiger partial charge < -0.3 is 20.1 Å². The van der Waals surface area contributed by atoms with Gasteiger partial charge in [0.1, 0.15) is 11.5 Å². The van der Waals surface area contributed by atoms with Gasteiger partial charge in [-0.25, -0.2) is 0 Å². The number of aliphatic hydroxyl groups is 1. The van der Waals surface area contributed by atoms with Crippen molar-refractivity contribution in [2.45, 2.75) is 96.8 Å². The molecular formula is C30H44O5. The highest BCUT2D eigenvalue weighted by Crippen LogP contribution is 2.42. The summed E-state index contributed by atoms with van der Waals surface area (Å²) < 4.78 is 5.60. The molecular weight excluding hydrogens is 440 g/mol. The van der Waals surface area contributed by atoms with E-state index < -0.39 is 5.41 Å². The number of carbonyl (C=O) groups excluding carboxylic acids is 1. The van der Waals surface area contributed by atoms with Gasteiger partial charge in [0, 0.05) is 12.0 Å². The van der Waals surface area contributed by atoms with Gasteiger partial charge in [-0.3, -0.25) is 4.79 Å². The molecule has 0 spiro atoms. The molecule has 0 aliphatic rings. The molecule has 0 aromatic heterocycles. The van der Waals surface area contributed by atoms with Crippen LogP contribution < -0.4 is 0 Å². The zero-order chi connectivity index (χ0) is 26.4. The predicted molar refractivity (Wildman–Crippen MR) is 141 cm³/mol. The predicted octanol–water partition coefficient (Wildman–Crippen LogP) is 6.48. The lowest BCUT2D eigenvalue weighted by molar-refractivity contribution is -0.144.